The molecule has 1 saturated carbocycles. The number of nitrogens with one attached hydrogen (secondary N) is 1. The maximum Gasteiger partial charge on any atom is 0.0643 e. The number of fused-ring (bicyclic) bond motifs is 2. The minimum Gasteiger partial charge on any atom is -0.367 e. The van der Waals surface area contributed by atoms with Gasteiger partial charge >= 0.3 is 0 Å². The molecule has 1 saturated heterocycles. The zero-order valence-electron chi connectivity index (χ0n) is 11.8. The maximum absolute atomic E-state index is 6.49. The summed E-state index contributed by atoms with van der Waals surface area (Å²) in [6.07, 6.45) is 4.11. The first-order valence-electron chi connectivity index (χ1n) is 7.42. The van der Waals surface area contributed by atoms with E-state index in [0.29, 0.717) is 6.04 Å². The van der Waals surface area contributed by atoms with Crippen LogP contribution in [-0.2, 0) is 6.54 Å². The third-order valence-corrected chi connectivity index (χ3v) is 4.77. The molecule has 1 aromatic carbocycles. The molecule has 0 spiro atoms. The van der Waals surface area contributed by atoms with Crippen molar-refractivity contribution in [1.82, 2.24) is 5.32 Å². The van der Waals surface area contributed by atoms with Gasteiger partial charge in [0.05, 0.1) is 10.7 Å². The van der Waals surface area contributed by atoms with Gasteiger partial charge in [-0.3, -0.25) is 0 Å². The molecule has 19 heavy (non-hydrogen) atoms. The summed E-state index contributed by atoms with van der Waals surface area (Å²) >= 11 is 6.49. The molecule has 1 aromatic rings. The highest BCUT2D eigenvalue weighted by molar-refractivity contribution is 6.33. The molecule has 1 aliphatic heterocycles. The first-order chi connectivity index (χ1) is 9.15. The molecule has 0 aromatic heterocycles. The van der Waals surface area contributed by atoms with Gasteiger partial charge in [0.15, 0.2) is 0 Å². The molecule has 2 atom stereocenters. The van der Waals surface area contributed by atoms with Crippen LogP contribution < -0.4 is 10.2 Å². The van der Waals surface area contributed by atoms with E-state index in [4.69, 9.17) is 11.6 Å². The molecule has 1 N–H and O–H groups in total. The van der Waals surface area contributed by atoms with Crippen molar-refractivity contribution in [3.05, 3.63) is 28.8 Å². The van der Waals surface area contributed by atoms with E-state index in [0.717, 1.165) is 23.5 Å². The average Bonchev–Trinajstić information content (AvgIpc) is 2.98. The summed E-state index contributed by atoms with van der Waals surface area (Å²) in [7, 11) is 0. The van der Waals surface area contributed by atoms with Crippen LogP contribution in [0.2, 0.25) is 5.02 Å². The predicted octanol–water partition coefficient (Wildman–Crippen LogP) is 3.83. The Morgan fingerprint density at radius 2 is 2.21 bits per heavy atom. The third kappa shape index (κ3) is 2.61. The van der Waals surface area contributed by atoms with Crippen LogP contribution in [0.25, 0.3) is 0 Å². The average molecular weight is 279 g/mol. The van der Waals surface area contributed by atoms with Crippen LogP contribution in [0.4, 0.5) is 5.69 Å². The number of para-hydroxylation sites is 1. The standard InChI is InChI=1S/C16H23ClN2/c1-11(2)18-9-13-4-3-5-15(17)16(13)19-10-12-6-7-14(19)8-12/h3-5,11-12,14,18H,6-10H2,1-2H3. The number of rotatable bonds is 4. The van der Waals surface area contributed by atoms with Crippen molar-refractivity contribution in [2.75, 3.05) is 11.4 Å². The van der Waals surface area contributed by atoms with Gasteiger partial charge in [-0.1, -0.05) is 37.6 Å². The molecule has 0 amide bonds. The number of halogens is 1. The van der Waals surface area contributed by atoms with Gasteiger partial charge in [-0.15, -0.1) is 0 Å². The number of hydrogen-bond donors (Lipinski definition) is 1. The van der Waals surface area contributed by atoms with Crippen molar-refractivity contribution >= 4 is 17.3 Å². The van der Waals surface area contributed by atoms with Gasteiger partial charge in [-0.25, -0.2) is 0 Å². The van der Waals surface area contributed by atoms with Gasteiger partial charge in [0.1, 0.15) is 0 Å². The van der Waals surface area contributed by atoms with Gasteiger partial charge in [0.2, 0.25) is 0 Å². The molecule has 2 fully saturated rings. The Balaban J connectivity index is 1.86. The van der Waals surface area contributed by atoms with E-state index in [1.807, 2.05) is 6.07 Å². The Morgan fingerprint density at radius 3 is 2.84 bits per heavy atom. The van der Waals surface area contributed by atoms with Crippen molar-refractivity contribution in [2.24, 2.45) is 5.92 Å². The minimum absolute atomic E-state index is 0.502. The molecular weight excluding hydrogens is 256 g/mol. The van der Waals surface area contributed by atoms with E-state index < -0.39 is 0 Å². The minimum atomic E-state index is 0.502. The predicted molar refractivity (Wildman–Crippen MR) is 81.9 cm³/mol. The molecule has 2 aliphatic rings. The van der Waals surface area contributed by atoms with Gasteiger partial charge in [-0.05, 0) is 36.8 Å². The highest BCUT2D eigenvalue weighted by Crippen LogP contribution is 2.43. The molecule has 104 valence electrons. The first-order valence-corrected chi connectivity index (χ1v) is 7.80. The van der Waals surface area contributed by atoms with E-state index in [9.17, 15) is 0 Å². The molecule has 3 rings (SSSR count). The fraction of sp³-hybridized carbons (Fsp3) is 0.625. The second-order valence-corrected chi connectivity index (χ2v) is 6.68. The number of benzene rings is 1. The Bertz CT molecular complexity index is 458. The topological polar surface area (TPSA) is 15.3 Å². The Hall–Kier alpha value is -0.730. The van der Waals surface area contributed by atoms with Gasteiger partial charge < -0.3 is 10.2 Å². The molecule has 3 heteroatoms. The highest BCUT2D eigenvalue weighted by atomic mass is 35.5. The summed E-state index contributed by atoms with van der Waals surface area (Å²) in [4.78, 5) is 2.56. The van der Waals surface area contributed by atoms with Crippen molar-refractivity contribution in [1.29, 1.82) is 0 Å². The number of nitrogens with zero attached hydrogens (tertiary/aromatic N) is 1. The van der Waals surface area contributed by atoms with E-state index in [-0.39, 0.29) is 0 Å². The zero-order valence-corrected chi connectivity index (χ0v) is 12.6. The summed E-state index contributed by atoms with van der Waals surface area (Å²) < 4.78 is 0. The van der Waals surface area contributed by atoms with E-state index in [1.165, 1.54) is 37.1 Å². The number of anilines is 1. The van der Waals surface area contributed by atoms with Crippen LogP contribution in [0.1, 0.15) is 38.7 Å². The lowest BCUT2D eigenvalue weighted by Gasteiger charge is -2.32. The molecular formula is C16H23ClN2. The summed E-state index contributed by atoms with van der Waals surface area (Å²) in [6, 6.07) is 7.53. The molecule has 0 radical (unpaired) electrons. The van der Waals surface area contributed by atoms with Crippen molar-refractivity contribution in [2.45, 2.75) is 51.7 Å². The second kappa shape index (κ2) is 5.34. The SMILES string of the molecule is CC(C)NCc1cccc(Cl)c1N1CC2CCC1C2. The van der Waals surface area contributed by atoms with Crippen molar-refractivity contribution < 1.29 is 0 Å². The van der Waals surface area contributed by atoms with Crippen LogP contribution in [0.15, 0.2) is 18.2 Å². The Labute approximate surface area is 121 Å². The lowest BCUT2D eigenvalue weighted by molar-refractivity contribution is 0.548. The van der Waals surface area contributed by atoms with Crippen LogP contribution >= 0.6 is 11.6 Å². The monoisotopic (exact) mass is 278 g/mol. The van der Waals surface area contributed by atoms with E-state index in [2.05, 4.69) is 36.2 Å². The quantitative estimate of drug-likeness (QED) is 0.901. The van der Waals surface area contributed by atoms with Crippen molar-refractivity contribution in [3.63, 3.8) is 0 Å². The fourth-order valence-electron chi connectivity index (χ4n) is 3.54. The summed E-state index contributed by atoms with van der Waals surface area (Å²) in [6.45, 7) is 6.47. The largest absolute Gasteiger partial charge is 0.367 e. The normalized spacial score (nSPS) is 25.6. The highest BCUT2D eigenvalue weighted by Gasteiger charge is 2.39. The fourth-order valence-corrected chi connectivity index (χ4v) is 3.84. The summed E-state index contributed by atoms with van der Waals surface area (Å²) in [5.41, 5.74) is 2.62. The lowest BCUT2D eigenvalue weighted by Crippen LogP contribution is -2.33. The Kier molecular flexibility index (Phi) is 3.72. The van der Waals surface area contributed by atoms with Crippen LogP contribution in [0.5, 0.6) is 0 Å². The third-order valence-electron chi connectivity index (χ3n) is 4.47. The van der Waals surface area contributed by atoms with Crippen LogP contribution in [0, 0.1) is 5.92 Å². The van der Waals surface area contributed by atoms with Gasteiger partial charge in [0.25, 0.3) is 0 Å². The van der Waals surface area contributed by atoms with Crippen LogP contribution in [0.3, 0.4) is 0 Å². The molecule has 1 heterocycles. The van der Waals surface area contributed by atoms with E-state index in [1.54, 1.807) is 0 Å². The summed E-state index contributed by atoms with van der Waals surface area (Å²) in [5.74, 6) is 0.896. The number of piperidine rings is 1. The van der Waals surface area contributed by atoms with E-state index >= 15 is 0 Å². The first kappa shape index (κ1) is 13.3. The number of hydrogen-bond acceptors (Lipinski definition) is 2. The molecule has 1 aliphatic carbocycles. The summed E-state index contributed by atoms with van der Waals surface area (Å²) in [5, 5.41) is 4.42. The molecule has 2 nitrogen and oxygen atoms in total. The van der Waals surface area contributed by atoms with Crippen LogP contribution in [-0.4, -0.2) is 18.6 Å². The molecule has 2 bridgehead atoms. The smallest absolute Gasteiger partial charge is 0.0643 e. The lowest BCUT2D eigenvalue weighted by atomic mass is 10.1. The second-order valence-electron chi connectivity index (χ2n) is 6.27. The zero-order chi connectivity index (χ0) is 13.4. The maximum atomic E-state index is 6.49. The van der Waals surface area contributed by atoms with Gasteiger partial charge in [-0.2, -0.15) is 0 Å². The molecule has 2 unspecified atom stereocenters. The van der Waals surface area contributed by atoms with Crippen molar-refractivity contribution in [3.8, 4) is 0 Å². The Morgan fingerprint density at radius 1 is 1.37 bits per heavy atom. The van der Waals surface area contributed by atoms with Gasteiger partial charge in [0, 0.05) is 25.2 Å².